The number of rotatable bonds is 6. The molecule has 1 N–H and O–H groups in total. The summed E-state index contributed by atoms with van der Waals surface area (Å²) in [6.45, 7) is 9.91. The molecule has 4 atom stereocenters. The minimum Gasteiger partial charge on any atom is -0.351 e. The molecule has 2 saturated heterocycles. The molecule has 3 rings (SSSR count). The molecule has 1 aromatic rings. The summed E-state index contributed by atoms with van der Waals surface area (Å²) in [5.41, 5.74) is 0. The van der Waals surface area contributed by atoms with Crippen molar-refractivity contribution in [2.24, 2.45) is 11.8 Å². The summed E-state index contributed by atoms with van der Waals surface area (Å²) in [5.74, 6) is 1.19. The molecule has 0 spiro atoms. The lowest BCUT2D eigenvalue weighted by Crippen LogP contribution is -2.51. The fourth-order valence-electron chi connectivity index (χ4n) is 4.53. The standard InChI is InChI=1S/C19H31N3O3S2/c1-14-10-15(2)12-21(11-14)13-16(3)20-19(23)17-6-4-8-22(17)27(24,25)18-7-5-9-26-18/h5,7,9,14-17H,4,6,8,10-13H2,1-3H3,(H,20,23). The highest BCUT2D eigenvalue weighted by atomic mass is 32.2. The zero-order valence-corrected chi connectivity index (χ0v) is 18.1. The van der Waals surface area contributed by atoms with Crippen LogP contribution in [0.4, 0.5) is 0 Å². The van der Waals surface area contributed by atoms with E-state index >= 15 is 0 Å². The fourth-order valence-corrected chi connectivity index (χ4v) is 7.30. The van der Waals surface area contributed by atoms with E-state index in [0.717, 1.165) is 26.1 Å². The van der Waals surface area contributed by atoms with E-state index in [9.17, 15) is 13.2 Å². The topological polar surface area (TPSA) is 69.7 Å². The normalized spacial score (nSPS) is 28.9. The van der Waals surface area contributed by atoms with Crippen LogP contribution < -0.4 is 5.32 Å². The number of likely N-dealkylation sites (tertiary alicyclic amines) is 1. The number of sulfonamides is 1. The van der Waals surface area contributed by atoms with Gasteiger partial charge in [0.05, 0.1) is 0 Å². The molecule has 4 unspecified atom stereocenters. The van der Waals surface area contributed by atoms with Crippen molar-refractivity contribution in [2.75, 3.05) is 26.2 Å². The van der Waals surface area contributed by atoms with Crippen molar-refractivity contribution in [2.45, 2.75) is 56.3 Å². The summed E-state index contributed by atoms with van der Waals surface area (Å²) in [6.07, 6.45) is 2.56. The Morgan fingerprint density at radius 2 is 2.04 bits per heavy atom. The molecule has 1 amide bonds. The van der Waals surface area contributed by atoms with Gasteiger partial charge in [0, 0.05) is 32.2 Å². The van der Waals surface area contributed by atoms with E-state index in [1.165, 1.54) is 22.1 Å². The second kappa shape index (κ2) is 8.59. The van der Waals surface area contributed by atoms with Crippen molar-refractivity contribution in [1.82, 2.24) is 14.5 Å². The van der Waals surface area contributed by atoms with Gasteiger partial charge in [-0.05, 0) is 49.5 Å². The molecule has 6 nitrogen and oxygen atoms in total. The molecule has 0 saturated carbocycles. The van der Waals surface area contributed by atoms with Crippen LogP contribution in [0.15, 0.2) is 21.7 Å². The molecule has 0 bridgehead atoms. The first-order valence-corrected chi connectivity index (χ1v) is 12.2. The quantitative estimate of drug-likeness (QED) is 0.777. The van der Waals surface area contributed by atoms with Crippen molar-refractivity contribution in [3.63, 3.8) is 0 Å². The van der Waals surface area contributed by atoms with E-state index in [2.05, 4.69) is 24.1 Å². The Labute approximate surface area is 167 Å². The average molecular weight is 414 g/mol. The highest BCUT2D eigenvalue weighted by molar-refractivity contribution is 7.91. The van der Waals surface area contributed by atoms with Crippen molar-refractivity contribution < 1.29 is 13.2 Å². The van der Waals surface area contributed by atoms with Crippen LogP contribution in [0, 0.1) is 11.8 Å². The van der Waals surface area contributed by atoms with Gasteiger partial charge in [-0.3, -0.25) is 4.79 Å². The maximum absolute atomic E-state index is 12.8. The third-order valence-electron chi connectivity index (χ3n) is 5.43. The van der Waals surface area contributed by atoms with Crippen LogP contribution in [0.25, 0.3) is 0 Å². The van der Waals surface area contributed by atoms with Crippen LogP contribution in [0.2, 0.25) is 0 Å². The zero-order valence-electron chi connectivity index (χ0n) is 16.4. The van der Waals surface area contributed by atoms with Crippen LogP contribution in [0.3, 0.4) is 0 Å². The van der Waals surface area contributed by atoms with Gasteiger partial charge in [0.25, 0.3) is 10.0 Å². The Morgan fingerprint density at radius 1 is 1.33 bits per heavy atom. The van der Waals surface area contributed by atoms with Crippen LogP contribution in [0.1, 0.15) is 40.0 Å². The highest BCUT2D eigenvalue weighted by Crippen LogP contribution is 2.28. The first-order chi connectivity index (χ1) is 12.8. The van der Waals surface area contributed by atoms with E-state index in [1.54, 1.807) is 17.5 Å². The van der Waals surface area contributed by atoms with Crippen molar-refractivity contribution in [1.29, 1.82) is 0 Å². The second-order valence-electron chi connectivity index (χ2n) is 8.28. The summed E-state index contributed by atoms with van der Waals surface area (Å²) in [5, 5.41) is 4.81. The van der Waals surface area contributed by atoms with Crippen LogP contribution in [0.5, 0.6) is 0 Å². The molecule has 27 heavy (non-hydrogen) atoms. The Hall–Kier alpha value is -0.960. The monoisotopic (exact) mass is 413 g/mol. The fraction of sp³-hybridized carbons (Fsp3) is 0.737. The summed E-state index contributed by atoms with van der Waals surface area (Å²) in [4.78, 5) is 15.2. The van der Waals surface area contributed by atoms with E-state index in [4.69, 9.17) is 0 Å². The number of carbonyl (C=O) groups is 1. The number of hydrogen-bond acceptors (Lipinski definition) is 5. The van der Waals surface area contributed by atoms with Crippen molar-refractivity contribution in [3.8, 4) is 0 Å². The van der Waals surface area contributed by atoms with E-state index in [0.29, 0.717) is 29.0 Å². The number of hydrogen-bond donors (Lipinski definition) is 1. The van der Waals surface area contributed by atoms with Crippen molar-refractivity contribution in [3.05, 3.63) is 17.5 Å². The molecule has 2 fully saturated rings. The Bertz CT molecular complexity index is 725. The van der Waals surface area contributed by atoms with Gasteiger partial charge in [-0.15, -0.1) is 11.3 Å². The maximum Gasteiger partial charge on any atom is 0.253 e. The van der Waals surface area contributed by atoms with Crippen LogP contribution >= 0.6 is 11.3 Å². The highest BCUT2D eigenvalue weighted by Gasteiger charge is 2.40. The minimum absolute atomic E-state index is 0.00175. The maximum atomic E-state index is 12.8. The largest absolute Gasteiger partial charge is 0.351 e. The Balaban J connectivity index is 1.60. The SMILES string of the molecule is CC1CC(C)CN(CC(C)NC(=O)C2CCCN2S(=O)(=O)c2cccs2)C1. The third kappa shape index (κ3) is 4.91. The lowest BCUT2D eigenvalue weighted by Gasteiger charge is -2.36. The average Bonchev–Trinajstić information content (AvgIpc) is 3.26. The van der Waals surface area contributed by atoms with Gasteiger partial charge in [-0.2, -0.15) is 4.31 Å². The Kier molecular flexibility index (Phi) is 6.61. The summed E-state index contributed by atoms with van der Waals surface area (Å²) >= 11 is 1.20. The molecule has 8 heteroatoms. The first-order valence-electron chi connectivity index (χ1n) is 9.85. The zero-order chi connectivity index (χ0) is 19.6. The van der Waals surface area contributed by atoms with Crippen LogP contribution in [-0.2, 0) is 14.8 Å². The molecule has 1 aromatic heterocycles. The smallest absolute Gasteiger partial charge is 0.253 e. The number of piperidine rings is 1. The molecule has 0 radical (unpaired) electrons. The lowest BCUT2D eigenvalue weighted by atomic mass is 9.92. The first kappa shape index (κ1) is 20.8. The number of carbonyl (C=O) groups excluding carboxylic acids is 1. The predicted octanol–water partition coefficient (Wildman–Crippen LogP) is 2.38. The molecule has 2 aliphatic rings. The summed E-state index contributed by atoms with van der Waals surface area (Å²) in [6, 6.07) is 2.74. The molecular weight excluding hydrogens is 382 g/mol. The molecule has 152 valence electrons. The summed E-state index contributed by atoms with van der Waals surface area (Å²) in [7, 11) is -3.59. The molecule has 0 aliphatic carbocycles. The van der Waals surface area contributed by atoms with E-state index in [1.807, 2.05) is 6.92 Å². The molecule has 0 aromatic carbocycles. The number of thiophene rings is 1. The van der Waals surface area contributed by atoms with Gasteiger partial charge in [-0.25, -0.2) is 8.42 Å². The molecule has 2 aliphatic heterocycles. The van der Waals surface area contributed by atoms with Crippen LogP contribution in [-0.4, -0.2) is 61.8 Å². The van der Waals surface area contributed by atoms with Crippen molar-refractivity contribution >= 4 is 27.3 Å². The van der Waals surface area contributed by atoms with Gasteiger partial charge in [0.2, 0.25) is 5.91 Å². The predicted molar refractivity (Wildman–Crippen MR) is 108 cm³/mol. The number of amides is 1. The van der Waals surface area contributed by atoms with Gasteiger partial charge < -0.3 is 10.2 Å². The van der Waals surface area contributed by atoms with E-state index < -0.39 is 16.1 Å². The van der Waals surface area contributed by atoms with Gasteiger partial charge in [-0.1, -0.05) is 19.9 Å². The lowest BCUT2D eigenvalue weighted by molar-refractivity contribution is -0.125. The summed E-state index contributed by atoms with van der Waals surface area (Å²) < 4.78 is 27.4. The van der Waals surface area contributed by atoms with E-state index in [-0.39, 0.29) is 11.9 Å². The van der Waals surface area contributed by atoms with Gasteiger partial charge in [0.1, 0.15) is 10.3 Å². The third-order valence-corrected chi connectivity index (χ3v) is 8.71. The number of nitrogens with one attached hydrogen (secondary N) is 1. The molecular formula is C19H31N3O3S2. The van der Waals surface area contributed by atoms with Gasteiger partial charge in [0.15, 0.2) is 0 Å². The second-order valence-corrected chi connectivity index (χ2v) is 11.3. The van der Waals surface area contributed by atoms with Gasteiger partial charge >= 0.3 is 0 Å². The Morgan fingerprint density at radius 3 is 2.67 bits per heavy atom. The minimum atomic E-state index is -3.59. The number of nitrogens with zero attached hydrogens (tertiary/aromatic N) is 2. The molecule has 3 heterocycles.